The zero-order chi connectivity index (χ0) is 2.71. The fraction of sp³-hybridized carbons (Fsp3) is 0. The molecule has 0 spiro atoms. The molecule has 0 aromatic rings. The number of rotatable bonds is 0. The van der Waals surface area contributed by atoms with Crippen LogP contribution in [0.4, 0.5) is 0 Å². The normalized spacial score (nSPS) is 2.00. The molecule has 0 aliphatic rings. The Hall–Kier alpha value is 0.145. The topological polar surface area (TPSA) is 40.1 Å². The first-order chi connectivity index (χ1) is 1.41. The van der Waals surface area contributed by atoms with E-state index in [-0.39, 0.29) is 17.0 Å². The summed E-state index contributed by atoms with van der Waals surface area (Å²) in [6.45, 7) is 0. The molecule has 4 heteroatoms. The van der Waals surface area contributed by atoms with Crippen molar-refractivity contribution in [2.45, 2.75) is 0 Å². The van der Waals surface area contributed by atoms with Gasteiger partial charge in [0.1, 0.15) is 0 Å². The molecule has 0 amide bonds. The molecule has 0 atom stereocenters. The third kappa shape index (κ3) is 134. The summed E-state index contributed by atoms with van der Waals surface area (Å²) in [6, 6.07) is 0. The van der Waals surface area contributed by atoms with Crippen molar-refractivity contribution in [1.82, 2.24) is 0 Å². The van der Waals surface area contributed by atoms with E-state index in [0.717, 1.165) is 0 Å². The Labute approximate surface area is 34.9 Å². The Balaban J connectivity index is 0. The minimum absolute atomic E-state index is 0. The van der Waals surface area contributed by atoms with Crippen LogP contribution in [0.25, 0.3) is 0 Å². The van der Waals surface area contributed by atoms with Crippen molar-refractivity contribution in [3.8, 4) is 0 Å². The minimum atomic E-state index is -0.500. The van der Waals surface area contributed by atoms with Gasteiger partial charge in [0.05, 0.1) is 0 Å². The largest absolute Gasteiger partial charge is 1.00 e. The third-order valence-electron chi connectivity index (χ3n) is 0. The van der Waals surface area contributed by atoms with E-state index in [1.54, 1.807) is 0 Å². The number of hydrogen-bond donors (Lipinski definition) is 0. The fourth-order valence-electron chi connectivity index (χ4n) is 0. The summed E-state index contributed by atoms with van der Waals surface area (Å²) in [7, 11) is -0.500. The summed E-state index contributed by atoms with van der Waals surface area (Å²) in [5.74, 6) is 0. The van der Waals surface area contributed by atoms with Crippen molar-refractivity contribution in [2.24, 2.45) is 0 Å². The molecule has 0 heterocycles. The molecule has 0 radical (unpaired) electrons. The van der Waals surface area contributed by atoms with Gasteiger partial charge in [-0.3, -0.25) is 0 Å². The molecule has 4 heavy (non-hydrogen) atoms. The summed E-state index contributed by atoms with van der Waals surface area (Å²) < 4.78 is 8.25. The van der Waals surface area contributed by atoms with Crippen LogP contribution in [0.2, 0.25) is 0 Å². The van der Waals surface area contributed by atoms with Crippen LogP contribution in [0.3, 0.4) is 0 Å². The number of hydrogen-bond acceptors (Lipinski definition) is 2. The molecule has 0 aliphatic heterocycles. The van der Waals surface area contributed by atoms with Crippen LogP contribution >= 0.6 is 0 Å². The van der Waals surface area contributed by atoms with Crippen LogP contribution in [-0.4, -0.2) is 7.35 Å². The first-order valence-electron chi connectivity index (χ1n) is 0.471. The SMILES string of the molecule is O=B[O-].[Br-]. The third-order valence-corrected chi connectivity index (χ3v) is 0. The Bertz CT molecular complexity index is 13.5. The van der Waals surface area contributed by atoms with Crippen molar-refractivity contribution in [1.29, 1.82) is 0 Å². The molecule has 0 N–H and O–H groups in total. The molecule has 0 aliphatic carbocycles. The average Bonchev–Trinajstić information content (AvgIpc) is 0.918. The molecule has 0 saturated heterocycles. The van der Waals surface area contributed by atoms with Crippen molar-refractivity contribution >= 4 is 7.35 Å². The zero-order valence-corrected chi connectivity index (χ0v) is 3.36. The first kappa shape index (κ1) is 8.91. The molecule has 0 bridgehead atoms. The molecule has 0 aromatic carbocycles. The molecule has 0 unspecified atom stereocenters. The second-order valence-corrected chi connectivity index (χ2v) is 0.0962. The van der Waals surface area contributed by atoms with Gasteiger partial charge in [-0.2, -0.15) is 0 Å². The maximum atomic E-state index is 8.25. The van der Waals surface area contributed by atoms with E-state index in [1.165, 1.54) is 0 Å². The molecular formula is BBrO2-2. The average molecular weight is 123 g/mol. The van der Waals surface area contributed by atoms with Gasteiger partial charge in [0.2, 0.25) is 0 Å². The maximum Gasteiger partial charge on any atom is -1.00 e. The first-order valence-corrected chi connectivity index (χ1v) is 0.471. The van der Waals surface area contributed by atoms with Gasteiger partial charge < -0.3 is 17.0 Å². The van der Waals surface area contributed by atoms with Gasteiger partial charge in [-0.05, 0) is 0 Å². The van der Waals surface area contributed by atoms with Gasteiger partial charge in [-0.15, -0.1) is 0 Å². The van der Waals surface area contributed by atoms with Gasteiger partial charge in [-0.25, -0.2) is 0 Å². The van der Waals surface area contributed by atoms with Gasteiger partial charge in [0, 0.05) is 0 Å². The van der Waals surface area contributed by atoms with Crippen LogP contribution in [0, 0.1) is 0 Å². The summed E-state index contributed by atoms with van der Waals surface area (Å²) in [4.78, 5) is 0. The van der Waals surface area contributed by atoms with E-state index in [1.807, 2.05) is 0 Å². The Morgan fingerprint density at radius 3 is 1.75 bits per heavy atom. The van der Waals surface area contributed by atoms with Gasteiger partial charge in [0.25, 0.3) is 0 Å². The summed E-state index contributed by atoms with van der Waals surface area (Å²) in [6.07, 6.45) is 0. The predicted octanol–water partition coefficient (Wildman–Crippen LogP) is -4.68. The van der Waals surface area contributed by atoms with Gasteiger partial charge in [0.15, 0.2) is 0 Å². The van der Waals surface area contributed by atoms with Crippen LogP contribution in [0.15, 0.2) is 0 Å². The fourth-order valence-corrected chi connectivity index (χ4v) is 0. The Kier molecular flexibility index (Phi) is 24.6. The van der Waals surface area contributed by atoms with Gasteiger partial charge >= 0.3 is 17.1 Å². The van der Waals surface area contributed by atoms with Crippen molar-refractivity contribution < 1.29 is 26.7 Å². The van der Waals surface area contributed by atoms with Crippen LogP contribution in [-0.2, 0) is 4.70 Å². The van der Waals surface area contributed by atoms with Crippen LogP contribution in [0.1, 0.15) is 0 Å². The maximum absolute atomic E-state index is 8.25. The van der Waals surface area contributed by atoms with E-state index in [0.29, 0.717) is 0 Å². The molecular weight excluding hydrogens is 123 g/mol. The smallest absolute Gasteiger partial charge is 1.00 e. The van der Waals surface area contributed by atoms with Crippen LogP contribution < -0.4 is 22.0 Å². The monoisotopic (exact) mass is 122 g/mol. The van der Waals surface area contributed by atoms with Crippen molar-refractivity contribution in [2.75, 3.05) is 0 Å². The van der Waals surface area contributed by atoms with E-state index in [4.69, 9.17) is 9.73 Å². The summed E-state index contributed by atoms with van der Waals surface area (Å²) >= 11 is 0. The van der Waals surface area contributed by atoms with E-state index in [2.05, 4.69) is 0 Å². The second-order valence-electron chi connectivity index (χ2n) is 0.0962. The van der Waals surface area contributed by atoms with Crippen molar-refractivity contribution in [3.05, 3.63) is 0 Å². The summed E-state index contributed by atoms with van der Waals surface area (Å²) in [5.41, 5.74) is 0. The molecule has 0 fully saturated rings. The summed E-state index contributed by atoms with van der Waals surface area (Å²) in [5, 5.41) is 8.25. The van der Waals surface area contributed by atoms with E-state index < -0.39 is 7.35 Å². The Morgan fingerprint density at radius 1 is 1.75 bits per heavy atom. The van der Waals surface area contributed by atoms with E-state index in [9.17, 15) is 0 Å². The molecule has 0 saturated carbocycles. The van der Waals surface area contributed by atoms with Crippen LogP contribution in [0.5, 0.6) is 0 Å². The number of halogens is 1. The van der Waals surface area contributed by atoms with E-state index >= 15 is 0 Å². The zero-order valence-electron chi connectivity index (χ0n) is 1.77. The molecule has 0 aromatic heterocycles. The standard InChI is InChI=1S/BO2.BrH/c2-1-3;/h;1H/q-1;/p-1. The predicted molar refractivity (Wildman–Crippen MR) is 6.44 cm³/mol. The Morgan fingerprint density at radius 2 is 1.75 bits per heavy atom. The van der Waals surface area contributed by atoms with Crippen molar-refractivity contribution in [3.63, 3.8) is 0 Å². The molecule has 24 valence electrons. The minimum Gasteiger partial charge on any atom is -1.00 e. The molecule has 2 nitrogen and oxygen atoms in total. The second kappa shape index (κ2) is 11.0. The van der Waals surface area contributed by atoms with Gasteiger partial charge in [-0.1, -0.05) is 0 Å². The quantitative estimate of drug-likeness (QED) is 0.303. The molecule has 0 rings (SSSR count).